The Bertz CT molecular complexity index is 529. The van der Waals surface area contributed by atoms with Gasteiger partial charge in [0.25, 0.3) is 0 Å². The summed E-state index contributed by atoms with van der Waals surface area (Å²) in [5.41, 5.74) is 0.340. The molecule has 1 aromatic rings. The van der Waals surface area contributed by atoms with Crippen LogP contribution in [0.5, 0.6) is 0 Å². The molecule has 1 atom stereocenters. The van der Waals surface area contributed by atoms with Gasteiger partial charge < -0.3 is 10.1 Å². The van der Waals surface area contributed by atoms with E-state index >= 15 is 0 Å². The number of piperidine rings is 1. The molecular formula is C12H13N3O4. The third kappa shape index (κ3) is 3.06. The van der Waals surface area contributed by atoms with E-state index in [0.29, 0.717) is 17.8 Å². The molecule has 7 heteroatoms. The number of ether oxygens (including phenoxy) is 1. The summed E-state index contributed by atoms with van der Waals surface area (Å²) < 4.78 is 4.60. The van der Waals surface area contributed by atoms with Gasteiger partial charge in [0.15, 0.2) is 0 Å². The number of carbonyl (C=O) groups is 3. The number of pyridine rings is 1. The highest BCUT2D eigenvalue weighted by Crippen LogP contribution is 2.13. The Balaban J connectivity index is 2.09. The highest BCUT2D eigenvalue weighted by atomic mass is 16.5. The molecular weight excluding hydrogens is 250 g/mol. The monoisotopic (exact) mass is 263 g/mol. The summed E-state index contributed by atoms with van der Waals surface area (Å²) in [5.74, 6) is -0.757. The lowest BCUT2D eigenvalue weighted by Crippen LogP contribution is -2.47. The standard InChI is InChI=1S/C12H13N3O4/c1-19-12(18)7-4-5-13-9(6-7)14-8-2-3-10(16)15-11(8)17/h4-6,8H,2-3H2,1H3,(H,13,14)(H,15,16,17). The van der Waals surface area contributed by atoms with Crippen LogP contribution >= 0.6 is 0 Å². The van der Waals surface area contributed by atoms with Gasteiger partial charge in [0.05, 0.1) is 12.7 Å². The first-order valence-corrected chi connectivity index (χ1v) is 5.75. The molecule has 1 unspecified atom stereocenters. The second kappa shape index (κ2) is 5.47. The fourth-order valence-electron chi connectivity index (χ4n) is 1.76. The minimum absolute atomic E-state index is 0.278. The molecule has 0 bridgehead atoms. The third-order valence-corrected chi connectivity index (χ3v) is 2.74. The topological polar surface area (TPSA) is 97.4 Å². The number of nitrogens with zero attached hydrogens (tertiary/aromatic N) is 1. The van der Waals surface area contributed by atoms with Crippen molar-refractivity contribution in [1.29, 1.82) is 0 Å². The number of aromatic nitrogens is 1. The van der Waals surface area contributed by atoms with Gasteiger partial charge in [-0.05, 0) is 18.6 Å². The van der Waals surface area contributed by atoms with Gasteiger partial charge >= 0.3 is 5.97 Å². The molecule has 2 heterocycles. The summed E-state index contributed by atoms with van der Waals surface area (Å²) in [6, 6.07) is 2.48. The highest BCUT2D eigenvalue weighted by molar-refractivity contribution is 6.01. The largest absolute Gasteiger partial charge is 0.465 e. The van der Waals surface area contributed by atoms with Crippen LogP contribution in [0, 0.1) is 0 Å². The lowest BCUT2D eigenvalue weighted by molar-refractivity contribution is -0.133. The minimum atomic E-state index is -0.530. The molecule has 0 radical (unpaired) electrons. The van der Waals surface area contributed by atoms with Crippen LogP contribution in [0.3, 0.4) is 0 Å². The van der Waals surface area contributed by atoms with Crippen molar-refractivity contribution in [1.82, 2.24) is 10.3 Å². The molecule has 100 valence electrons. The van der Waals surface area contributed by atoms with E-state index in [9.17, 15) is 14.4 Å². The van der Waals surface area contributed by atoms with Crippen LogP contribution in [0.25, 0.3) is 0 Å². The van der Waals surface area contributed by atoms with Crippen molar-refractivity contribution < 1.29 is 19.1 Å². The van der Waals surface area contributed by atoms with Crippen LogP contribution in [-0.4, -0.2) is 35.9 Å². The SMILES string of the molecule is COC(=O)c1ccnc(NC2CCC(=O)NC2=O)c1. The summed E-state index contributed by atoms with van der Waals surface area (Å²) in [6.45, 7) is 0. The predicted octanol–water partition coefficient (Wildman–Crippen LogP) is 0.0853. The second-order valence-corrected chi connectivity index (χ2v) is 4.07. The summed E-state index contributed by atoms with van der Waals surface area (Å²) in [4.78, 5) is 38.0. The Morgan fingerprint density at radius 3 is 3.00 bits per heavy atom. The van der Waals surface area contributed by atoms with Crippen molar-refractivity contribution in [3.05, 3.63) is 23.9 Å². The molecule has 0 aliphatic carbocycles. The number of esters is 1. The minimum Gasteiger partial charge on any atom is -0.465 e. The third-order valence-electron chi connectivity index (χ3n) is 2.74. The average Bonchev–Trinajstić information content (AvgIpc) is 2.41. The molecule has 1 saturated heterocycles. The van der Waals surface area contributed by atoms with Crippen molar-refractivity contribution >= 4 is 23.6 Å². The number of anilines is 1. The maximum Gasteiger partial charge on any atom is 0.338 e. The average molecular weight is 263 g/mol. The Kier molecular flexibility index (Phi) is 3.74. The van der Waals surface area contributed by atoms with Gasteiger partial charge in [-0.15, -0.1) is 0 Å². The van der Waals surface area contributed by atoms with E-state index in [4.69, 9.17) is 0 Å². The maximum atomic E-state index is 11.6. The fraction of sp³-hybridized carbons (Fsp3) is 0.333. The van der Waals surface area contributed by atoms with E-state index in [1.54, 1.807) is 0 Å². The van der Waals surface area contributed by atoms with E-state index in [2.05, 4.69) is 20.4 Å². The quantitative estimate of drug-likeness (QED) is 0.592. The summed E-state index contributed by atoms with van der Waals surface area (Å²) in [7, 11) is 1.29. The van der Waals surface area contributed by atoms with Gasteiger partial charge in [-0.3, -0.25) is 14.9 Å². The number of rotatable bonds is 3. The number of hydrogen-bond acceptors (Lipinski definition) is 6. The molecule has 1 aliphatic heterocycles. The molecule has 1 aromatic heterocycles. The smallest absolute Gasteiger partial charge is 0.338 e. The van der Waals surface area contributed by atoms with Crippen molar-refractivity contribution in [2.75, 3.05) is 12.4 Å². The van der Waals surface area contributed by atoms with Crippen molar-refractivity contribution in [2.24, 2.45) is 0 Å². The van der Waals surface area contributed by atoms with Gasteiger partial charge in [-0.1, -0.05) is 0 Å². The lowest BCUT2D eigenvalue weighted by atomic mass is 10.1. The summed E-state index contributed by atoms with van der Waals surface area (Å²) in [5, 5.41) is 5.13. The summed E-state index contributed by atoms with van der Waals surface area (Å²) in [6.07, 6.45) is 2.12. The van der Waals surface area contributed by atoms with Crippen LogP contribution in [0.1, 0.15) is 23.2 Å². The Hall–Kier alpha value is -2.44. The predicted molar refractivity (Wildman–Crippen MR) is 65.4 cm³/mol. The zero-order chi connectivity index (χ0) is 13.8. The first-order valence-electron chi connectivity index (χ1n) is 5.75. The van der Waals surface area contributed by atoms with Crippen molar-refractivity contribution in [3.63, 3.8) is 0 Å². The lowest BCUT2D eigenvalue weighted by Gasteiger charge is -2.22. The second-order valence-electron chi connectivity index (χ2n) is 4.07. The molecule has 0 saturated carbocycles. The molecule has 0 aromatic carbocycles. The number of imide groups is 1. The molecule has 2 N–H and O–H groups in total. The zero-order valence-corrected chi connectivity index (χ0v) is 10.3. The first-order chi connectivity index (χ1) is 9.10. The number of nitrogens with one attached hydrogen (secondary N) is 2. The van der Waals surface area contributed by atoms with E-state index in [-0.39, 0.29) is 18.2 Å². The number of methoxy groups -OCH3 is 1. The number of hydrogen-bond donors (Lipinski definition) is 2. The van der Waals surface area contributed by atoms with Gasteiger partial charge in [-0.25, -0.2) is 9.78 Å². The Labute approximate surface area is 109 Å². The molecule has 2 rings (SSSR count). The van der Waals surface area contributed by atoms with E-state index < -0.39 is 12.0 Å². The first kappa shape index (κ1) is 13.0. The zero-order valence-electron chi connectivity index (χ0n) is 10.3. The maximum absolute atomic E-state index is 11.6. The van der Waals surface area contributed by atoms with Crippen LogP contribution in [-0.2, 0) is 14.3 Å². The van der Waals surface area contributed by atoms with Gasteiger partial charge in [0, 0.05) is 12.6 Å². The van der Waals surface area contributed by atoms with Gasteiger partial charge in [0.2, 0.25) is 11.8 Å². The number of carbonyl (C=O) groups excluding carboxylic acids is 3. The van der Waals surface area contributed by atoms with Crippen LogP contribution in [0.2, 0.25) is 0 Å². The summed E-state index contributed by atoms with van der Waals surface area (Å²) >= 11 is 0. The van der Waals surface area contributed by atoms with Crippen molar-refractivity contribution in [3.8, 4) is 0 Å². The molecule has 1 aliphatic rings. The van der Waals surface area contributed by atoms with Crippen molar-refractivity contribution in [2.45, 2.75) is 18.9 Å². The number of amides is 2. The van der Waals surface area contributed by atoms with E-state index in [1.165, 1.54) is 25.4 Å². The Morgan fingerprint density at radius 1 is 1.53 bits per heavy atom. The van der Waals surface area contributed by atoms with Crippen LogP contribution in [0.4, 0.5) is 5.82 Å². The Morgan fingerprint density at radius 2 is 2.32 bits per heavy atom. The molecule has 19 heavy (non-hydrogen) atoms. The fourth-order valence-corrected chi connectivity index (χ4v) is 1.76. The van der Waals surface area contributed by atoms with E-state index in [1.807, 2.05) is 0 Å². The van der Waals surface area contributed by atoms with Gasteiger partial charge in [0.1, 0.15) is 11.9 Å². The van der Waals surface area contributed by atoms with Gasteiger partial charge in [-0.2, -0.15) is 0 Å². The van der Waals surface area contributed by atoms with E-state index in [0.717, 1.165) is 0 Å². The van der Waals surface area contributed by atoms with Crippen LogP contribution < -0.4 is 10.6 Å². The normalized spacial score (nSPS) is 18.7. The molecule has 0 spiro atoms. The molecule has 1 fully saturated rings. The highest BCUT2D eigenvalue weighted by Gasteiger charge is 2.26. The molecule has 7 nitrogen and oxygen atoms in total. The molecule has 2 amide bonds. The van der Waals surface area contributed by atoms with Crippen LogP contribution in [0.15, 0.2) is 18.3 Å².